The fourth-order valence-corrected chi connectivity index (χ4v) is 6.02. The zero-order chi connectivity index (χ0) is 18.5. The number of nitrogens with one attached hydrogen (secondary N) is 1. The lowest BCUT2D eigenvalue weighted by Gasteiger charge is -2.58. The number of hydrogen-bond acceptors (Lipinski definition) is 4. The second-order valence-corrected chi connectivity index (χ2v) is 9.00. The number of rotatable bonds is 4. The van der Waals surface area contributed by atoms with Gasteiger partial charge in [-0.15, -0.1) is 0 Å². The van der Waals surface area contributed by atoms with Crippen molar-refractivity contribution in [2.75, 3.05) is 11.9 Å². The van der Waals surface area contributed by atoms with Crippen LogP contribution in [0.5, 0.6) is 0 Å². The Hall–Kier alpha value is -1.30. The van der Waals surface area contributed by atoms with E-state index in [0.29, 0.717) is 34.0 Å². The normalized spacial score (nSPS) is 34.6. The van der Waals surface area contributed by atoms with Crippen LogP contribution in [0.25, 0.3) is 0 Å². The molecule has 140 valence electrons. The number of hydrogen-bond donors (Lipinski definition) is 2. The van der Waals surface area contributed by atoms with Gasteiger partial charge in [0.25, 0.3) is 5.91 Å². The van der Waals surface area contributed by atoms with Crippen LogP contribution in [-0.2, 0) is 14.3 Å². The van der Waals surface area contributed by atoms with Gasteiger partial charge in [0.15, 0.2) is 6.61 Å². The number of aliphatic hydroxyl groups is 1. The molecule has 2 N–H and O–H groups in total. The number of ether oxygens (including phenoxy) is 1. The lowest BCUT2D eigenvalue weighted by molar-refractivity contribution is -0.196. The number of carbonyl (C=O) groups is 2. The molecule has 1 amide bonds. The van der Waals surface area contributed by atoms with Crippen LogP contribution in [0.4, 0.5) is 5.69 Å². The number of esters is 1. The molecule has 0 spiro atoms. The maximum Gasteiger partial charge on any atom is 0.312 e. The molecule has 0 saturated heterocycles. The minimum Gasteiger partial charge on any atom is -0.455 e. The molecule has 26 heavy (non-hydrogen) atoms. The van der Waals surface area contributed by atoms with Gasteiger partial charge in [0.05, 0.1) is 26.7 Å². The average Bonchev–Trinajstić information content (AvgIpc) is 2.54. The van der Waals surface area contributed by atoms with E-state index in [1.807, 2.05) is 0 Å². The summed E-state index contributed by atoms with van der Waals surface area (Å²) in [5.41, 5.74) is -1.07. The van der Waals surface area contributed by atoms with Crippen LogP contribution in [0, 0.1) is 17.3 Å². The monoisotopic (exact) mass is 397 g/mol. The molecule has 0 radical (unpaired) electrons. The van der Waals surface area contributed by atoms with Gasteiger partial charge in [0.1, 0.15) is 0 Å². The standard InChI is InChI=1S/C19H21Cl2NO4/c20-13-2-1-3-14(21)16(13)22-15(23)9-26-17(24)18-5-11-4-12(6-18)8-19(25,7-11)10-18/h1-3,11-12,25H,4-10H2,(H,22,23)/t11-,12-,18?,19?/m1/s1. The van der Waals surface area contributed by atoms with Gasteiger partial charge in [0, 0.05) is 0 Å². The predicted molar refractivity (Wildman–Crippen MR) is 98.1 cm³/mol. The molecule has 0 heterocycles. The van der Waals surface area contributed by atoms with E-state index in [1.165, 1.54) is 0 Å². The minimum atomic E-state index is -0.740. The fourth-order valence-electron chi connectivity index (χ4n) is 5.53. The van der Waals surface area contributed by atoms with Gasteiger partial charge >= 0.3 is 5.97 Å². The first kappa shape index (κ1) is 18.1. The van der Waals surface area contributed by atoms with Crippen molar-refractivity contribution in [1.29, 1.82) is 0 Å². The highest BCUT2D eigenvalue weighted by molar-refractivity contribution is 6.39. The lowest BCUT2D eigenvalue weighted by atomic mass is 9.48. The molecule has 7 heteroatoms. The van der Waals surface area contributed by atoms with Crippen molar-refractivity contribution in [2.24, 2.45) is 17.3 Å². The molecule has 5 nitrogen and oxygen atoms in total. The summed E-state index contributed by atoms with van der Waals surface area (Å²) in [4.78, 5) is 24.9. The number of benzene rings is 1. The summed E-state index contributed by atoms with van der Waals surface area (Å²) >= 11 is 12.1. The number of para-hydroxylation sites is 1. The van der Waals surface area contributed by atoms with Gasteiger partial charge < -0.3 is 15.2 Å². The van der Waals surface area contributed by atoms with Crippen molar-refractivity contribution in [2.45, 2.75) is 44.1 Å². The van der Waals surface area contributed by atoms with Crippen molar-refractivity contribution in [1.82, 2.24) is 0 Å². The Morgan fingerprint density at radius 3 is 2.35 bits per heavy atom. The Kier molecular flexibility index (Phi) is 4.45. The van der Waals surface area contributed by atoms with Gasteiger partial charge in [-0.1, -0.05) is 29.3 Å². The van der Waals surface area contributed by atoms with Crippen LogP contribution in [0.15, 0.2) is 18.2 Å². The van der Waals surface area contributed by atoms with E-state index in [2.05, 4.69) is 5.32 Å². The van der Waals surface area contributed by atoms with Crippen LogP contribution in [0.3, 0.4) is 0 Å². The van der Waals surface area contributed by atoms with Crippen LogP contribution in [0.2, 0.25) is 10.0 Å². The summed E-state index contributed by atoms with van der Waals surface area (Å²) in [5, 5.41) is 14.0. The summed E-state index contributed by atoms with van der Waals surface area (Å²) in [5.74, 6) is -0.101. The molecule has 2 atom stereocenters. The van der Waals surface area contributed by atoms with Gasteiger partial charge in [0.2, 0.25) is 0 Å². The van der Waals surface area contributed by atoms with E-state index in [1.54, 1.807) is 18.2 Å². The predicted octanol–water partition coefficient (Wildman–Crippen LogP) is 3.81. The van der Waals surface area contributed by atoms with Crippen LogP contribution in [0.1, 0.15) is 38.5 Å². The zero-order valence-corrected chi connectivity index (χ0v) is 15.8. The van der Waals surface area contributed by atoms with E-state index < -0.39 is 23.5 Å². The SMILES string of the molecule is O=C(COC(=O)C12C[C@H]3C[C@@H](CC(O)(C3)C1)C2)Nc1c(Cl)cccc1Cl. The largest absolute Gasteiger partial charge is 0.455 e. The molecule has 1 aromatic rings. The van der Waals surface area contributed by atoms with Crippen LogP contribution < -0.4 is 5.32 Å². The molecular weight excluding hydrogens is 377 g/mol. The zero-order valence-electron chi connectivity index (χ0n) is 14.3. The third kappa shape index (κ3) is 3.21. The van der Waals surface area contributed by atoms with Gasteiger partial charge in [-0.05, 0) is 62.5 Å². The molecule has 0 unspecified atom stereocenters. The molecule has 4 aliphatic carbocycles. The summed E-state index contributed by atoms with van der Waals surface area (Å²) in [6.07, 6.45) is 4.60. The first-order chi connectivity index (χ1) is 12.3. The number of anilines is 1. The topological polar surface area (TPSA) is 75.6 Å². The molecule has 1 aromatic carbocycles. The smallest absolute Gasteiger partial charge is 0.312 e. The average molecular weight is 398 g/mol. The minimum absolute atomic E-state index is 0.306. The van der Waals surface area contributed by atoms with Crippen LogP contribution >= 0.6 is 23.2 Å². The molecule has 5 rings (SSSR count). The first-order valence-electron chi connectivity index (χ1n) is 8.92. The van der Waals surface area contributed by atoms with Crippen LogP contribution in [-0.4, -0.2) is 29.2 Å². The van der Waals surface area contributed by atoms with Crippen molar-refractivity contribution < 1.29 is 19.4 Å². The molecular formula is C19H21Cl2NO4. The van der Waals surface area contributed by atoms with Crippen molar-refractivity contribution in [3.05, 3.63) is 28.2 Å². The first-order valence-corrected chi connectivity index (χ1v) is 9.68. The Morgan fingerprint density at radius 1 is 1.15 bits per heavy atom. The number of carbonyl (C=O) groups excluding carboxylic acids is 2. The Morgan fingerprint density at radius 2 is 1.77 bits per heavy atom. The maximum absolute atomic E-state index is 12.8. The number of amides is 1. The van der Waals surface area contributed by atoms with E-state index in [9.17, 15) is 14.7 Å². The quantitative estimate of drug-likeness (QED) is 0.757. The Labute approximate surface area is 162 Å². The summed E-state index contributed by atoms with van der Waals surface area (Å²) in [6, 6.07) is 4.91. The Balaban J connectivity index is 1.39. The summed E-state index contributed by atoms with van der Waals surface area (Å²) in [6.45, 7) is -0.393. The summed E-state index contributed by atoms with van der Waals surface area (Å²) in [7, 11) is 0. The molecule has 4 fully saturated rings. The van der Waals surface area contributed by atoms with Crippen molar-refractivity contribution in [3.8, 4) is 0 Å². The van der Waals surface area contributed by atoms with E-state index in [-0.39, 0.29) is 5.97 Å². The van der Waals surface area contributed by atoms with E-state index in [4.69, 9.17) is 27.9 Å². The second-order valence-electron chi connectivity index (χ2n) is 8.19. The second kappa shape index (κ2) is 6.39. The van der Waals surface area contributed by atoms with E-state index >= 15 is 0 Å². The Bertz CT molecular complexity index is 732. The highest BCUT2D eigenvalue weighted by atomic mass is 35.5. The van der Waals surface area contributed by atoms with E-state index in [0.717, 1.165) is 32.1 Å². The fraction of sp³-hybridized carbons (Fsp3) is 0.579. The lowest BCUT2D eigenvalue weighted by Crippen LogP contribution is -2.58. The number of halogens is 2. The third-order valence-electron chi connectivity index (χ3n) is 6.02. The summed E-state index contributed by atoms with van der Waals surface area (Å²) < 4.78 is 5.34. The molecule has 4 bridgehead atoms. The molecule has 0 aromatic heterocycles. The van der Waals surface area contributed by atoms with Gasteiger partial charge in [-0.3, -0.25) is 9.59 Å². The van der Waals surface area contributed by atoms with Gasteiger partial charge in [-0.2, -0.15) is 0 Å². The molecule has 0 aliphatic heterocycles. The van der Waals surface area contributed by atoms with Crippen molar-refractivity contribution in [3.63, 3.8) is 0 Å². The highest BCUT2D eigenvalue weighted by Gasteiger charge is 2.60. The molecule has 4 saturated carbocycles. The highest BCUT2D eigenvalue weighted by Crippen LogP contribution is 2.61. The maximum atomic E-state index is 12.8. The van der Waals surface area contributed by atoms with Gasteiger partial charge in [-0.25, -0.2) is 0 Å². The van der Waals surface area contributed by atoms with Crippen molar-refractivity contribution >= 4 is 40.8 Å². The molecule has 4 aliphatic rings. The third-order valence-corrected chi connectivity index (χ3v) is 6.65.